The molecule has 1 atom stereocenters. The summed E-state index contributed by atoms with van der Waals surface area (Å²) >= 11 is 0. The first-order chi connectivity index (χ1) is 13.6. The zero-order valence-corrected chi connectivity index (χ0v) is 15.8. The number of ether oxygens (including phenoxy) is 1. The summed E-state index contributed by atoms with van der Waals surface area (Å²) in [5.74, 6) is -0.800. The molecule has 142 valence electrons. The van der Waals surface area contributed by atoms with E-state index in [1.54, 1.807) is 6.07 Å². The number of hydrogen-bond acceptors (Lipinski definition) is 4. The normalized spacial score (nSPS) is 15.7. The molecule has 1 aromatic heterocycles. The molecule has 0 fully saturated rings. The second kappa shape index (κ2) is 7.80. The van der Waals surface area contributed by atoms with E-state index in [0.29, 0.717) is 5.56 Å². The van der Waals surface area contributed by atoms with Crippen LogP contribution in [0.15, 0.2) is 54.6 Å². The number of carbonyl (C=O) groups excluding carboxylic acids is 2. The lowest BCUT2D eigenvalue weighted by atomic mass is 9.88. The summed E-state index contributed by atoms with van der Waals surface area (Å²) in [4.78, 5) is 29.4. The van der Waals surface area contributed by atoms with Crippen molar-refractivity contribution in [1.82, 2.24) is 10.3 Å². The van der Waals surface area contributed by atoms with Gasteiger partial charge in [0.15, 0.2) is 6.61 Å². The third kappa shape index (κ3) is 3.74. The van der Waals surface area contributed by atoms with E-state index in [2.05, 4.69) is 22.4 Å². The summed E-state index contributed by atoms with van der Waals surface area (Å²) in [5, 5.41) is 3.72. The lowest BCUT2D eigenvalue weighted by molar-refractivity contribution is -0.125. The van der Waals surface area contributed by atoms with Crippen molar-refractivity contribution in [2.24, 2.45) is 0 Å². The number of pyridine rings is 1. The number of rotatable bonds is 4. The zero-order chi connectivity index (χ0) is 19.5. The van der Waals surface area contributed by atoms with Crippen molar-refractivity contribution in [2.75, 3.05) is 6.61 Å². The molecular weight excluding hydrogens is 352 g/mol. The summed E-state index contributed by atoms with van der Waals surface area (Å²) in [6.07, 6.45) is 2.96. The minimum atomic E-state index is -0.513. The third-order valence-electron chi connectivity index (χ3n) is 5.10. The Kier molecular flexibility index (Phi) is 5.06. The fourth-order valence-corrected chi connectivity index (χ4v) is 3.83. The van der Waals surface area contributed by atoms with Gasteiger partial charge in [-0.1, -0.05) is 42.5 Å². The molecule has 0 unspecified atom stereocenters. The molecule has 1 aliphatic carbocycles. The van der Waals surface area contributed by atoms with Crippen LogP contribution in [0.5, 0.6) is 0 Å². The fourth-order valence-electron chi connectivity index (χ4n) is 3.83. The van der Waals surface area contributed by atoms with Gasteiger partial charge in [-0.2, -0.15) is 0 Å². The highest BCUT2D eigenvalue weighted by atomic mass is 16.5. The van der Waals surface area contributed by atoms with Gasteiger partial charge in [-0.05, 0) is 49.4 Å². The van der Waals surface area contributed by atoms with Gasteiger partial charge in [-0.15, -0.1) is 0 Å². The summed E-state index contributed by atoms with van der Waals surface area (Å²) in [7, 11) is 0. The van der Waals surface area contributed by atoms with Gasteiger partial charge in [-0.25, -0.2) is 4.79 Å². The minimum absolute atomic E-state index is 0.0276. The topological polar surface area (TPSA) is 68.3 Å². The average Bonchev–Trinajstić information content (AvgIpc) is 2.71. The maximum atomic E-state index is 12.6. The molecule has 1 amide bonds. The highest BCUT2D eigenvalue weighted by molar-refractivity contribution is 6.04. The van der Waals surface area contributed by atoms with E-state index in [9.17, 15) is 9.59 Å². The predicted octanol–water partition coefficient (Wildman–Crippen LogP) is 3.89. The fraction of sp³-hybridized carbons (Fsp3) is 0.261. The Hall–Kier alpha value is -3.21. The average molecular weight is 374 g/mol. The number of para-hydroxylation sites is 1. The molecule has 0 bridgehead atoms. The first-order valence-electron chi connectivity index (χ1n) is 9.52. The van der Waals surface area contributed by atoms with Crippen molar-refractivity contribution in [3.8, 4) is 0 Å². The Balaban J connectivity index is 1.43. The van der Waals surface area contributed by atoms with Crippen LogP contribution in [0, 0.1) is 6.92 Å². The number of fused-ring (bicyclic) bond motifs is 2. The number of nitrogens with one attached hydrogen (secondary N) is 1. The molecule has 4 rings (SSSR count). The first kappa shape index (κ1) is 18.2. The molecule has 1 aliphatic rings. The van der Waals surface area contributed by atoms with Crippen LogP contribution < -0.4 is 5.32 Å². The predicted molar refractivity (Wildman–Crippen MR) is 107 cm³/mol. The Morgan fingerprint density at radius 3 is 2.82 bits per heavy atom. The molecule has 3 aromatic rings. The SMILES string of the molecule is Cc1cc(C(=O)OCC(=O)N[C@@H]2CCCc3ccccc32)c2ccccc2n1. The Morgan fingerprint density at radius 1 is 1.14 bits per heavy atom. The molecule has 0 radical (unpaired) electrons. The Labute approximate surface area is 163 Å². The van der Waals surface area contributed by atoms with Gasteiger partial charge < -0.3 is 10.1 Å². The van der Waals surface area contributed by atoms with E-state index in [1.807, 2.05) is 43.3 Å². The van der Waals surface area contributed by atoms with E-state index in [4.69, 9.17) is 4.74 Å². The second-order valence-electron chi connectivity index (χ2n) is 7.12. The number of aromatic nitrogens is 1. The van der Waals surface area contributed by atoms with Crippen molar-refractivity contribution in [3.05, 3.63) is 77.0 Å². The van der Waals surface area contributed by atoms with E-state index in [0.717, 1.165) is 41.4 Å². The van der Waals surface area contributed by atoms with Crippen LogP contribution in [-0.4, -0.2) is 23.5 Å². The van der Waals surface area contributed by atoms with Crippen LogP contribution in [0.2, 0.25) is 0 Å². The van der Waals surface area contributed by atoms with Crippen molar-refractivity contribution in [1.29, 1.82) is 0 Å². The number of nitrogens with zero attached hydrogens (tertiary/aromatic N) is 1. The first-order valence-corrected chi connectivity index (χ1v) is 9.52. The smallest absolute Gasteiger partial charge is 0.339 e. The molecule has 5 nitrogen and oxygen atoms in total. The number of hydrogen-bond donors (Lipinski definition) is 1. The van der Waals surface area contributed by atoms with Crippen LogP contribution >= 0.6 is 0 Å². The molecule has 2 aromatic carbocycles. The lowest BCUT2D eigenvalue weighted by Crippen LogP contribution is -2.34. The standard InChI is InChI=1S/C23H22N2O3/c1-15-13-19(18-10-4-5-11-21(18)24-15)23(27)28-14-22(26)25-20-12-6-8-16-7-2-3-9-17(16)20/h2-5,7,9-11,13,20H,6,8,12,14H2,1H3,(H,25,26)/t20-/m1/s1. The van der Waals surface area contributed by atoms with Gasteiger partial charge in [0.1, 0.15) is 0 Å². The van der Waals surface area contributed by atoms with Crippen LogP contribution in [-0.2, 0) is 16.0 Å². The lowest BCUT2D eigenvalue weighted by Gasteiger charge is -2.26. The Morgan fingerprint density at radius 2 is 1.93 bits per heavy atom. The highest BCUT2D eigenvalue weighted by Gasteiger charge is 2.22. The number of benzene rings is 2. The molecular formula is C23H22N2O3. The molecule has 28 heavy (non-hydrogen) atoms. The maximum Gasteiger partial charge on any atom is 0.339 e. The van der Waals surface area contributed by atoms with Gasteiger partial charge in [0.2, 0.25) is 0 Å². The monoisotopic (exact) mass is 374 g/mol. The number of esters is 1. The minimum Gasteiger partial charge on any atom is -0.452 e. The zero-order valence-electron chi connectivity index (χ0n) is 15.8. The van der Waals surface area contributed by atoms with Gasteiger partial charge >= 0.3 is 5.97 Å². The summed E-state index contributed by atoms with van der Waals surface area (Å²) in [6, 6.07) is 17.2. The number of carbonyl (C=O) groups is 2. The Bertz CT molecular complexity index is 1040. The molecule has 0 spiro atoms. The molecule has 5 heteroatoms. The maximum absolute atomic E-state index is 12.6. The van der Waals surface area contributed by atoms with Crippen molar-refractivity contribution >= 4 is 22.8 Å². The summed E-state index contributed by atoms with van der Waals surface area (Å²) in [6.45, 7) is 1.53. The van der Waals surface area contributed by atoms with Crippen LogP contribution in [0.4, 0.5) is 0 Å². The van der Waals surface area contributed by atoms with Gasteiger partial charge in [-0.3, -0.25) is 9.78 Å². The van der Waals surface area contributed by atoms with Crippen LogP contribution in [0.25, 0.3) is 10.9 Å². The van der Waals surface area contributed by atoms with E-state index < -0.39 is 5.97 Å². The molecule has 0 saturated carbocycles. The van der Waals surface area contributed by atoms with Crippen molar-refractivity contribution in [3.63, 3.8) is 0 Å². The highest BCUT2D eigenvalue weighted by Crippen LogP contribution is 2.29. The largest absolute Gasteiger partial charge is 0.452 e. The van der Waals surface area contributed by atoms with E-state index in [1.165, 1.54) is 5.56 Å². The molecule has 1 N–H and O–H groups in total. The molecule has 0 saturated heterocycles. The number of aryl methyl sites for hydroxylation is 2. The van der Waals surface area contributed by atoms with Crippen molar-refractivity contribution < 1.29 is 14.3 Å². The van der Waals surface area contributed by atoms with Gasteiger partial charge in [0, 0.05) is 11.1 Å². The van der Waals surface area contributed by atoms with Crippen molar-refractivity contribution in [2.45, 2.75) is 32.2 Å². The molecule has 1 heterocycles. The quantitative estimate of drug-likeness (QED) is 0.704. The summed E-state index contributed by atoms with van der Waals surface area (Å²) in [5.41, 5.74) is 4.32. The molecule has 0 aliphatic heterocycles. The van der Waals surface area contributed by atoms with E-state index >= 15 is 0 Å². The number of amides is 1. The van der Waals surface area contributed by atoms with Crippen LogP contribution in [0.1, 0.15) is 46.1 Å². The van der Waals surface area contributed by atoms with Gasteiger partial charge in [0.05, 0.1) is 17.1 Å². The second-order valence-corrected chi connectivity index (χ2v) is 7.12. The summed E-state index contributed by atoms with van der Waals surface area (Å²) < 4.78 is 5.30. The van der Waals surface area contributed by atoms with Crippen LogP contribution in [0.3, 0.4) is 0 Å². The third-order valence-corrected chi connectivity index (χ3v) is 5.10. The van der Waals surface area contributed by atoms with E-state index in [-0.39, 0.29) is 18.6 Å². The van der Waals surface area contributed by atoms with Gasteiger partial charge in [0.25, 0.3) is 5.91 Å².